The topological polar surface area (TPSA) is 0 Å². The van der Waals surface area contributed by atoms with E-state index in [0.29, 0.717) is 0 Å². The van der Waals surface area contributed by atoms with Gasteiger partial charge in [0.1, 0.15) is 0 Å². The van der Waals surface area contributed by atoms with Crippen LogP contribution >= 0.6 is 11.6 Å². The van der Waals surface area contributed by atoms with Crippen LogP contribution in [0.15, 0.2) is 48.6 Å². The summed E-state index contributed by atoms with van der Waals surface area (Å²) in [4.78, 5) is 0. The number of hydrogen-bond acceptors (Lipinski definition) is 0. The Balaban J connectivity index is 0. The summed E-state index contributed by atoms with van der Waals surface area (Å²) >= 11 is 5.54. The van der Waals surface area contributed by atoms with E-state index < -0.39 is 0 Å². The van der Waals surface area contributed by atoms with Crippen molar-refractivity contribution in [2.45, 2.75) is 6.92 Å². The smallest absolute Gasteiger partial charge is 0.0405 e. The molecule has 0 bridgehead atoms. The standard InChI is InChI=1S/C6H5Cl.C5H7.Fe/c7-6-4-2-1-3-5-6;1-3-5-4-2;/h1-5H;1,3-5H,2H3;/q;-1;. The monoisotopic (exact) mass is 235 g/mol. The van der Waals surface area contributed by atoms with Crippen molar-refractivity contribution < 1.29 is 17.1 Å². The zero-order valence-electron chi connectivity index (χ0n) is 7.43. The van der Waals surface area contributed by atoms with Crippen molar-refractivity contribution in [3.63, 3.8) is 0 Å². The molecule has 13 heavy (non-hydrogen) atoms. The first-order valence-electron chi connectivity index (χ1n) is 3.68. The summed E-state index contributed by atoms with van der Waals surface area (Å²) in [7, 11) is 0. The van der Waals surface area contributed by atoms with E-state index in [-0.39, 0.29) is 17.1 Å². The third-order valence-corrected chi connectivity index (χ3v) is 1.29. The van der Waals surface area contributed by atoms with Gasteiger partial charge in [0, 0.05) is 22.1 Å². The van der Waals surface area contributed by atoms with E-state index in [0.717, 1.165) is 5.02 Å². The van der Waals surface area contributed by atoms with Gasteiger partial charge in [-0.1, -0.05) is 36.7 Å². The first-order chi connectivity index (χ1) is 5.81. The van der Waals surface area contributed by atoms with Gasteiger partial charge in [-0.3, -0.25) is 6.58 Å². The Morgan fingerprint density at radius 1 is 1.23 bits per heavy atom. The third-order valence-electron chi connectivity index (χ3n) is 1.04. The first kappa shape index (κ1) is 15.0. The predicted octanol–water partition coefficient (Wildman–Crippen LogP) is 3.89. The van der Waals surface area contributed by atoms with Gasteiger partial charge in [-0.15, -0.1) is 0 Å². The Bertz CT molecular complexity index is 229. The van der Waals surface area contributed by atoms with Crippen LogP contribution in [-0.4, -0.2) is 0 Å². The fourth-order valence-electron chi connectivity index (χ4n) is 0.526. The predicted molar refractivity (Wildman–Crippen MR) is 55.1 cm³/mol. The van der Waals surface area contributed by atoms with Crippen molar-refractivity contribution in [3.05, 3.63) is 60.2 Å². The molecule has 0 heterocycles. The molecule has 0 spiro atoms. The summed E-state index contributed by atoms with van der Waals surface area (Å²) in [6.07, 6.45) is 5.15. The zero-order chi connectivity index (χ0) is 9.23. The van der Waals surface area contributed by atoms with Gasteiger partial charge in [-0.25, -0.2) is 12.2 Å². The van der Waals surface area contributed by atoms with Crippen LogP contribution in [0.5, 0.6) is 0 Å². The molecule has 0 N–H and O–H groups in total. The molecule has 0 nitrogen and oxygen atoms in total. The van der Waals surface area contributed by atoms with Gasteiger partial charge >= 0.3 is 0 Å². The van der Waals surface area contributed by atoms with E-state index in [4.69, 9.17) is 18.2 Å². The molecule has 0 aliphatic rings. The van der Waals surface area contributed by atoms with Crippen LogP contribution in [0, 0.1) is 6.58 Å². The molecular formula is C11H12ClFe-. The van der Waals surface area contributed by atoms with Crippen LogP contribution in [0.1, 0.15) is 6.92 Å². The van der Waals surface area contributed by atoms with Crippen LogP contribution in [0.4, 0.5) is 0 Å². The zero-order valence-corrected chi connectivity index (χ0v) is 9.29. The van der Waals surface area contributed by atoms with Crippen LogP contribution in [0.25, 0.3) is 0 Å². The maximum Gasteiger partial charge on any atom is 0.0405 e. The molecule has 1 aromatic carbocycles. The largest absolute Gasteiger partial charge is 0.293 e. The minimum atomic E-state index is 0. The van der Waals surface area contributed by atoms with Gasteiger partial charge in [0.05, 0.1) is 0 Å². The summed E-state index contributed by atoms with van der Waals surface area (Å²) in [6.45, 7) is 6.85. The molecule has 0 amide bonds. The van der Waals surface area contributed by atoms with E-state index in [2.05, 4.69) is 0 Å². The summed E-state index contributed by atoms with van der Waals surface area (Å²) in [5, 5.41) is 0.794. The molecule has 0 atom stereocenters. The van der Waals surface area contributed by atoms with E-state index in [1.165, 1.54) is 6.08 Å². The first-order valence-corrected chi connectivity index (χ1v) is 4.05. The Morgan fingerprint density at radius 3 is 1.92 bits per heavy atom. The molecule has 0 fully saturated rings. The normalized spacial score (nSPS) is 8.15. The summed E-state index contributed by atoms with van der Waals surface area (Å²) in [5.41, 5.74) is 0. The number of halogens is 1. The van der Waals surface area contributed by atoms with Crippen molar-refractivity contribution in [3.8, 4) is 0 Å². The maximum atomic E-state index is 5.54. The van der Waals surface area contributed by atoms with Crippen molar-refractivity contribution in [2.24, 2.45) is 0 Å². The molecule has 0 saturated carbocycles. The fourth-order valence-corrected chi connectivity index (χ4v) is 0.671. The number of benzene rings is 1. The Morgan fingerprint density at radius 2 is 1.77 bits per heavy atom. The van der Waals surface area contributed by atoms with Gasteiger partial charge in [0.15, 0.2) is 0 Å². The average molecular weight is 236 g/mol. The van der Waals surface area contributed by atoms with Crippen LogP contribution < -0.4 is 0 Å². The van der Waals surface area contributed by atoms with Crippen molar-refractivity contribution in [2.75, 3.05) is 0 Å². The minimum absolute atomic E-state index is 0. The third kappa shape index (κ3) is 11.5. The van der Waals surface area contributed by atoms with Gasteiger partial charge in [-0.2, -0.15) is 6.08 Å². The molecule has 1 aromatic rings. The molecular weight excluding hydrogens is 223 g/mol. The van der Waals surface area contributed by atoms with Gasteiger partial charge in [0.2, 0.25) is 0 Å². The quantitative estimate of drug-likeness (QED) is 0.394. The molecule has 0 aliphatic carbocycles. The van der Waals surface area contributed by atoms with E-state index >= 15 is 0 Å². The van der Waals surface area contributed by atoms with Crippen LogP contribution in [0.2, 0.25) is 5.02 Å². The number of allylic oxidation sites excluding steroid dienone is 3. The van der Waals surface area contributed by atoms with Crippen LogP contribution in [-0.2, 0) is 17.1 Å². The molecule has 0 aliphatic heterocycles. The minimum Gasteiger partial charge on any atom is -0.293 e. The molecule has 0 unspecified atom stereocenters. The fraction of sp³-hybridized carbons (Fsp3) is 0.0909. The Kier molecular flexibility index (Phi) is 13.3. The second-order valence-corrected chi connectivity index (χ2v) is 2.45. The van der Waals surface area contributed by atoms with Crippen LogP contribution in [0.3, 0.4) is 0 Å². The van der Waals surface area contributed by atoms with Crippen molar-refractivity contribution >= 4 is 11.6 Å². The molecule has 0 saturated heterocycles. The number of rotatable bonds is 1. The molecule has 1 rings (SSSR count). The van der Waals surface area contributed by atoms with E-state index in [9.17, 15) is 0 Å². The number of hydrogen-bond donors (Lipinski definition) is 0. The van der Waals surface area contributed by atoms with Gasteiger partial charge in [-0.05, 0) is 12.1 Å². The Hall–Kier alpha value is -0.491. The second kappa shape index (κ2) is 11.5. The van der Waals surface area contributed by atoms with E-state index in [1.54, 1.807) is 6.08 Å². The maximum absolute atomic E-state index is 5.54. The van der Waals surface area contributed by atoms with Gasteiger partial charge in [0.25, 0.3) is 0 Å². The Labute approximate surface area is 95.8 Å². The summed E-state index contributed by atoms with van der Waals surface area (Å²) in [5.74, 6) is 0. The SMILES string of the molecule is Clc1ccccc1.[CH-]=CC=CC.[Fe]. The van der Waals surface area contributed by atoms with Crippen molar-refractivity contribution in [1.29, 1.82) is 0 Å². The van der Waals surface area contributed by atoms with Crippen molar-refractivity contribution in [1.82, 2.24) is 0 Å². The van der Waals surface area contributed by atoms with E-state index in [1.807, 2.05) is 43.3 Å². The molecule has 2 heteroatoms. The second-order valence-electron chi connectivity index (χ2n) is 2.01. The molecule has 72 valence electrons. The summed E-state index contributed by atoms with van der Waals surface area (Å²) < 4.78 is 0. The summed E-state index contributed by atoms with van der Waals surface area (Å²) in [6, 6.07) is 9.44. The molecule has 0 radical (unpaired) electrons. The van der Waals surface area contributed by atoms with Gasteiger partial charge < -0.3 is 0 Å². The molecule has 0 aromatic heterocycles. The average Bonchev–Trinajstić information content (AvgIpc) is 2.08.